The molecule has 1 aliphatic heterocycles. The van der Waals surface area contributed by atoms with E-state index in [0.717, 1.165) is 25.3 Å². The van der Waals surface area contributed by atoms with Crippen LogP contribution in [0, 0.1) is 5.92 Å². The van der Waals surface area contributed by atoms with Crippen molar-refractivity contribution in [1.29, 1.82) is 0 Å². The number of hydrogen-bond donors (Lipinski definition) is 1. The average molecular weight is 267 g/mol. The minimum Gasteiger partial charge on any atom is -0.330 e. The number of likely N-dealkylation sites (tertiary alicyclic amines) is 1. The second-order valence-electron chi connectivity index (χ2n) is 5.56. The van der Waals surface area contributed by atoms with Crippen molar-refractivity contribution in [1.82, 2.24) is 9.88 Å². The van der Waals surface area contributed by atoms with E-state index < -0.39 is 0 Å². The lowest BCUT2D eigenvalue weighted by molar-refractivity contribution is 0.139. The highest BCUT2D eigenvalue weighted by Crippen LogP contribution is 2.24. The SMILES string of the molecule is CC(C)N1CCCC(Cc2ncc(CCN)s2)C1. The zero-order valence-corrected chi connectivity index (χ0v) is 12.4. The molecule has 0 radical (unpaired) electrons. The van der Waals surface area contributed by atoms with Crippen LogP contribution in [0.1, 0.15) is 36.6 Å². The van der Waals surface area contributed by atoms with Gasteiger partial charge in [-0.3, -0.25) is 0 Å². The van der Waals surface area contributed by atoms with Gasteiger partial charge in [0.05, 0.1) is 5.01 Å². The minimum absolute atomic E-state index is 0.678. The van der Waals surface area contributed by atoms with Crippen molar-refractivity contribution in [3.05, 3.63) is 16.1 Å². The molecule has 1 saturated heterocycles. The Morgan fingerprint density at radius 2 is 2.39 bits per heavy atom. The van der Waals surface area contributed by atoms with E-state index >= 15 is 0 Å². The number of nitrogens with zero attached hydrogens (tertiary/aromatic N) is 2. The Hall–Kier alpha value is -0.450. The van der Waals surface area contributed by atoms with Crippen LogP contribution in [0.2, 0.25) is 0 Å². The monoisotopic (exact) mass is 267 g/mol. The van der Waals surface area contributed by atoms with E-state index in [2.05, 4.69) is 23.7 Å². The first-order valence-electron chi connectivity index (χ1n) is 7.06. The molecule has 4 heteroatoms. The molecule has 1 aromatic heterocycles. The number of hydrogen-bond acceptors (Lipinski definition) is 4. The van der Waals surface area contributed by atoms with Crippen LogP contribution >= 0.6 is 11.3 Å². The fourth-order valence-corrected chi connectivity index (χ4v) is 3.73. The van der Waals surface area contributed by atoms with E-state index in [1.165, 1.54) is 35.8 Å². The molecule has 1 unspecified atom stereocenters. The maximum Gasteiger partial charge on any atom is 0.0930 e. The van der Waals surface area contributed by atoms with Gasteiger partial charge in [-0.25, -0.2) is 4.98 Å². The van der Waals surface area contributed by atoms with Gasteiger partial charge in [-0.05, 0) is 52.1 Å². The van der Waals surface area contributed by atoms with Gasteiger partial charge in [0, 0.05) is 30.1 Å². The second kappa shape index (κ2) is 6.64. The summed E-state index contributed by atoms with van der Waals surface area (Å²) in [5.41, 5.74) is 5.58. The molecule has 0 aliphatic carbocycles. The molecule has 1 aromatic rings. The van der Waals surface area contributed by atoms with Crippen LogP contribution in [0.5, 0.6) is 0 Å². The summed E-state index contributed by atoms with van der Waals surface area (Å²) in [6.07, 6.45) is 6.83. The fraction of sp³-hybridized carbons (Fsp3) is 0.786. The van der Waals surface area contributed by atoms with Crippen LogP contribution in [0.25, 0.3) is 0 Å². The Morgan fingerprint density at radius 1 is 1.56 bits per heavy atom. The summed E-state index contributed by atoms with van der Waals surface area (Å²) in [6.45, 7) is 7.83. The third-order valence-corrected chi connectivity index (χ3v) is 4.82. The molecule has 2 rings (SSSR count). The lowest BCUT2D eigenvalue weighted by Gasteiger charge is -2.35. The van der Waals surface area contributed by atoms with E-state index in [4.69, 9.17) is 5.73 Å². The summed E-state index contributed by atoms with van der Waals surface area (Å²) < 4.78 is 0. The topological polar surface area (TPSA) is 42.2 Å². The molecule has 102 valence electrons. The summed E-state index contributed by atoms with van der Waals surface area (Å²) in [6, 6.07) is 0.678. The van der Waals surface area contributed by atoms with Gasteiger partial charge in [0.2, 0.25) is 0 Å². The first-order chi connectivity index (χ1) is 8.69. The van der Waals surface area contributed by atoms with E-state index in [1.54, 1.807) is 0 Å². The van der Waals surface area contributed by atoms with Crippen molar-refractivity contribution in [3.63, 3.8) is 0 Å². The Morgan fingerprint density at radius 3 is 3.11 bits per heavy atom. The minimum atomic E-state index is 0.678. The summed E-state index contributed by atoms with van der Waals surface area (Å²) in [7, 11) is 0. The van der Waals surface area contributed by atoms with Gasteiger partial charge in [0.25, 0.3) is 0 Å². The molecule has 0 spiro atoms. The summed E-state index contributed by atoms with van der Waals surface area (Å²) in [5, 5.41) is 1.30. The van der Waals surface area contributed by atoms with E-state index in [-0.39, 0.29) is 0 Å². The number of rotatable bonds is 5. The van der Waals surface area contributed by atoms with Crippen molar-refractivity contribution in [2.45, 2.75) is 45.6 Å². The molecule has 1 aliphatic rings. The molecule has 2 heterocycles. The number of piperidine rings is 1. The molecule has 2 N–H and O–H groups in total. The molecule has 0 bridgehead atoms. The van der Waals surface area contributed by atoms with Crippen LogP contribution in [0.4, 0.5) is 0 Å². The standard InChI is InChI=1S/C14H25N3S/c1-11(2)17-7-3-4-12(10-17)8-14-16-9-13(18-14)5-6-15/h9,11-12H,3-8,10,15H2,1-2H3. The lowest BCUT2D eigenvalue weighted by atomic mass is 9.94. The Balaban J connectivity index is 1.87. The fourth-order valence-electron chi connectivity index (χ4n) is 2.68. The number of thiazole rings is 1. The van der Waals surface area contributed by atoms with Crippen LogP contribution in [0.15, 0.2) is 6.20 Å². The summed E-state index contributed by atoms with van der Waals surface area (Å²) >= 11 is 1.85. The Bertz CT molecular complexity index is 362. The highest BCUT2D eigenvalue weighted by atomic mass is 32.1. The zero-order chi connectivity index (χ0) is 13.0. The largest absolute Gasteiger partial charge is 0.330 e. The summed E-state index contributed by atoms with van der Waals surface area (Å²) in [5.74, 6) is 0.790. The van der Waals surface area contributed by atoms with Gasteiger partial charge in [-0.15, -0.1) is 11.3 Å². The lowest BCUT2D eigenvalue weighted by Crippen LogP contribution is -2.40. The highest BCUT2D eigenvalue weighted by Gasteiger charge is 2.22. The molecular weight excluding hydrogens is 242 g/mol. The third kappa shape index (κ3) is 3.77. The zero-order valence-electron chi connectivity index (χ0n) is 11.6. The second-order valence-corrected chi connectivity index (χ2v) is 6.76. The van der Waals surface area contributed by atoms with Crippen molar-refractivity contribution in [2.24, 2.45) is 11.7 Å². The number of nitrogens with two attached hydrogens (primary N) is 1. The van der Waals surface area contributed by atoms with Crippen molar-refractivity contribution in [2.75, 3.05) is 19.6 Å². The molecule has 0 aromatic carbocycles. The van der Waals surface area contributed by atoms with Crippen molar-refractivity contribution >= 4 is 11.3 Å². The van der Waals surface area contributed by atoms with Gasteiger partial charge in [0.1, 0.15) is 0 Å². The van der Waals surface area contributed by atoms with E-state index in [0.29, 0.717) is 6.04 Å². The highest BCUT2D eigenvalue weighted by molar-refractivity contribution is 7.11. The maximum atomic E-state index is 5.58. The Labute approximate surface area is 114 Å². The maximum absolute atomic E-state index is 5.58. The molecule has 0 saturated carbocycles. The molecule has 18 heavy (non-hydrogen) atoms. The first-order valence-corrected chi connectivity index (χ1v) is 7.88. The molecule has 3 nitrogen and oxygen atoms in total. The van der Waals surface area contributed by atoms with Crippen molar-refractivity contribution < 1.29 is 0 Å². The van der Waals surface area contributed by atoms with Crippen LogP contribution in [-0.2, 0) is 12.8 Å². The molecule has 1 fully saturated rings. The smallest absolute Gasteiger partial charge is 0.0930 e. The van der Waals surface area contributed by atoms with Gasteiger partial charge < -0.3 is 10.6 Å². The molecular formula is C14H25N3S. The molecule has 1 atom stereocenters. The first kappa shape index (κ1) is 14.0. The van der Waals surface area contributed by atoms with Gasteiger partial charge in [0.15, 0.2) is 0 Å². The van der Waals surface area contributed by atoms with Crippen LogP contribution < -0.4 is 5.73 Å². The third-order valence-electron chi connectivity index (χ3n) is 3.74. The van der Waals surface area contributed by atoms with Gasteiger partial charge in [-0.1, -0.05) is 0 Å². The number of aromatic nitrogens is 1. The van der Waals surface area contributed by atoms with E-state index in [9.17, 15) is 0 Å². The average Bonchev–Trinajstić information content (AvgIpc) is 2.77. The summed E-state index contributed by atoms with van der Waals surface area (Å²) in [4.78, 5) is 8.48. The predicted molar refractivity (Wildman–Crippen MR) is 78.0 cm³/mol. The predicted octanol–water partition coefficient (Wildman–Crippen LogP) is 2.31. The van der Waals surface area contributed by atoms with Crippen molar-refractivity contribution in [3.8, 4) is 0 Å². The van der Waals surface area contributed by atoms with E-state index in [1.807, 2.05) is 17.5 Å². The van der Waals surface area contributed by atoms with Gasteiger partial charge in [-0.2, -0.15) is 0 Å². The normalized spacial score (nSPS) is 21.7. The molecule has 0 amide bonds. The van der Waals surface area contributed by atoms with Crippen LogP contribution in [0.3, 0.4) is 0 Å². The van der Waals surface area contributed by atoms with Crippen LogP contribution in [-0.4, -0.2) is 35.6 Å². The van der Waals surface area contributed by atoms with Gasteiger partial charge >= 0.3 is 0 Å². The quantitative estimate of drug-likeness (QED) is 0.890. The Kier molecular flexibility index (Phi) is 5.15.